The van der Waals surface area contributed by atoms with E-state index in [-0.39, 0.29) is 5.91 Å². The van der Waals surface area contributed by atoms with Crippen molar-refractivity contribution in [3.63, 3.8) is 0 Å². The molecule has 1 fully saturated rings. The molecule has 0 atom stereocenters. The zero-order valence-corrected chi connectivity index (χ0v) is 22.6. The number of hydrogen-bond acceptors (Lipinski definition) is 3. The Kier molecular flexibility index (Phi) is 8.65. The quantitative estimate of drug-likeness (QED) is 0.306. The lowest BCUT2D eigenvalue weighted by Crippen LogP contribution is -2.40. The molecule has 6 heteroatoms. The maximum atomic E-state index is 13.4. The normalized spacial score (nSPS) is 14.3. The van der Waals surface area contributed by atoms with Gasteiger partial charge in [0.1, 0.15) is 0 Å². The molecule has 0 saturated heterocycles. The van der Waals surface area contributed by atoms with Gasteiger partial charge in [0.25, 0.3) is 5.91 Å². The van der Waals surface area contributed by atoms with E-state index in [1.165, 1.54) is 25.7 Å². The third kappa shape index (κ3) is 6.08. The summed E-state index contributed by atoms with van der Waals surface area (Å²) in [6.45, 7) is 8.79. The summed E-state index contributed by atoms with van der Waals surface area (Å²) in [6.07, 6.45) is 9.35. The van der Waals surface area contributed by atoms with Gasteiger partial charge in [-0.2, -0.15) is 5.10 Å². The SMILES string of the molecule is CCN(CCN(C)C(=O)c1c(C)nn(-c2cccc(/C=C/c3ccc(Cl)cc3)c2)c1C)C1CCCC1. The molecule has 1 saturated carbocycles. The highest BCUT2D eigenvalue weighted by Gasteiger charge is 2.25. The molecule has 0 spiro atoms. The van der Waals surface area contributed by atoms with Crippen LogP contribution in [0.1, 0.15) is 65.5 Å². The van der Waals surface area contributed by atoms with Crippen LogP contribution in [0.25, 0.3) is 17.8 Å². The molecule has 1 aliphatic rings. The number of nitrogens with zero attached hydrogens (tertiary/aromatic N) is 4. The molecule has 4 rings (SSSR count). The Morgan fingerprint density at radius 1 is 1.06 bits per heavy atom. The van der Waals surface area contributed by atoms with Crippen LogP contribution >= 0.6 is 11.6 Å². The Morgan fingerprint density at radius 2 is 1.75 bits per heavy atom. The van der Waals surface area contributed by atoms with Crippen LogP contribution in [0.2, 0.25) is 5.02 Å². The molecule has 3 aromatic rings. The van der Waals surface area contributed by atoms with Crippen molar-refractivity contribution in [1.29, 1.82) is 0 Å². The molecule has 0 aliphatic heterocycles. The summed E-state index contributed by atoms with van der Waals surface area (Å²) < 4.78 is 1.88. The monoisotopic (exact) mass is 504 g/mol. The summed E-state index contributed by atoms with van der Waals surface area (Å²) in [6, 6.07) is 16.6. The summed E-state index contributed by atoms with van der Waals surface area (Å²) in [5, 5.41) is 5.48. The first-order valence-electron chi connectivity index (χ1n) is 13.0. The summed E-state index contributed by atoms with van der Waals surface area (Å²) in [5.41, 5.74) is 5.41. The Hall–Kier alpha value is -2.89. The van der Waals surface area contributed by atoms with E-state index in [0.717, 1.165) is 52.9 Å². The van der Waals surface area contributed by atoms with Crippen LogP contribution in [0.5, 0.6) is 0 Å². The molecular weight excluding hydrogens is 468 g/mol. The third-order valence-corrected chi connectivity index (χ3v) is 7.53. The van der Waals surface area contributed by atoms with Crippen molar-refractivity contribution in [3.05, 3.63) is 81.6 Å². The van der Waals surface area contributed by atoms with Crippen molar-refractivity contribution in [2.75, 3.05) is 26.7 Å². The molecule has 5 nitrogen and oxygen atoms in total. The number of carbonyl (C=O) groups is 1. The van der Waals surface area contributed by atoms with Crippen LogP contribution in [-0.4, -0.2) is 58.2 Å². The molecule has 1 aliphatic carbocycles. The Morgan fingerprint density at radius 3 is 2.44 bits per heavy atom. The van der Waals surface area contributed by atoms with Gasteiger partial charge in [-0.1, -0.05) is 67.8 Å². The smallest absolute Gasteiger partial charge is 0.257 e. The van der Waals surface area contributed by atoms with Gasteiger partial charge in [0.2, 0.25) is 0 Å². The van der Waals surface area contributed by atoms with E-state index in [1.54, 1.807) is 0 Å². The minimum absolute atomic E-state index is 0.0394. The Bertz CT molecular complexity index is 1210. The summed E-state index contributed by atoms with van der Waals surface area (Å²) in [7, 11) is 1.91. The predicted octanol–water partition coefficient (Wildman–Crippen LogP) is 6.65. The number of hydrogen-bond donors (Lipinski definition) is 0. The molecule has 190 valence electrons. The van der Waals surface area contributed by atoms with Crippen molar-refractivity contribution in [1.82, 2.24) is 19.6 Å². The lowest BCUT2D eigenvalue weighted by atomic mass is 10.1. The van der Waals surface area contributed by atoms with E-state index >= 15 is 0 Å². The van der Waals surface area contributed by atoms with Crippen molar-refractivity contribution in [2.24, 2.45) is 0 Å². The van der Waals surface area contributed by atoms with Crippen LogP contribution in [0.15, 0.2) is 48.5 Å². The Labute approximate surface area is 220 Å². The molecule has 0 bridgehead atoms. The fourth-order valence-corrected chi connectivity index (χ4v) is 5.30. The maximum absolute atomic E-state index is 13.4. The van der Waals surface area contributed by atoms with E-state index in [9.17, 15) is 4.79 Å². The lowest BCUT2D eigenvalue weighted by Gasteiger charge is -2.29. The average Bonchev–Trinajstić information content (AvgIpc) is 3.52. The number of likely N-dealkylation sites (N-methyl/N-ethyl adjacent to an activating group) is 2. The summed E-state index contributed by atoms with van der Waals surface area (Å²) in [4.78, 5) is 17.8. The zero-order chi connectivity index (χ0) is 25.7. The number of halogens is 1. The number of aryl methyl sites for hydroxylation is 1. The largest absolute Gasteiger partial charge is 0.340 e. The van der Waals surface area contributed by atoms with Crippen LogP contribution in [0.3, 0.4) is 0 Å². The highest BCUT2D eigenvalue weighted by molar-refractivity contribution is 6.30. The molecule has 1 aromatic heterocycles. The third-order valence-electron chi connectivity index (χ3n) is 7.27. The number of amides is 1. The number of aromatic nitrogens is 2. The van der Waals surface area contributed by atoms with Gasteiger partial charge in [-0.15, -0.1) is 0 Å². The minimum atomic E-state index is 0.0394. The first-order chi connectivity index (χ1) is 17.4. The number of carbonyl (C=O) groups excluding carboxylic acids is 1. The fraction of sp³-hybridized carbons (Fsp3) is 0.400. The van der Waals surface area contributed by atoms with Gasteiger partial charge in [-0.25, -0.2) is 4.68 Å². The first kappa shape index (κ1) is 26.2. The average molecular weight is 505 g/mol. The second kappa shape index (κ2) is 11.9. The van der Waals surface area contributed by atoms with Crippen molar-refractivity contribution >= 4 is 29.7 Å². The maximum Gasteiger partial charge on any atom is 0.257 e. The molecule has 36 heavy (non-hydrogen) atoms. The van der Waals surface area contributed by atoms with E-state index in [4.69, 9.17) is 16.7 Å². The summed E-state index contributed by atoms with van der Waals surface area (Å²) >= 11 is 5.99. The van der Waals surface area contributed by atoms with Crippen LogP contribution in [-0.2, 0) is 0 Å². The topological polar surface area (TPSA) is 41.4 Å². The van der Waals surface area contributed by atoms with Gasteiger partial charge < -0.3 is 4.90 Å². The van der Waals surface area contributed by atoms with Crippen molar-refractivity contribution < 1.29 is 4.79 Å². The van der Waals surface area contributed by atoms with E-state index < -0.39 is 0 Å². The zero-order valence-electron chi connectivity index (χ0n) is 21.9. The standard InChI is InChI=1S/C30H37ClN4O/c1-5-34(27-10-6-7-11-27)20-19-33(4)30(36)29-22(2)32-35(23(29)3)28-12-8-9-25(21-28)14-13-24-15-17-26(31)18-16-24/h8-9,12-18,21,27H,5-7,10-11,19-20H2,1-4H3/b14-13+. The molecule has 1 heterocycles. The molecule has 1 amide bonds. The molecular formula is C30H37ClN4O. The van der Waals surface area contributed by atoms with E-state index in [2.05, 4.69) is 36.1 Å². The van der Waals surface area contributed by atoms with Crippen LogP contribution < -0.4 is 0 Å². The summed E-state index contributed by atoms with van der Waals surface area (Å²) in [5.74, 6) is 0.0394. The van der Waals surface area contributed by atoms with Crippen LogP contribution in [0.4, 0.5) is 0 Å². The number of benzene rings is 2. The molecule has 2 aromatic carbocycles. The van der Waals surface area contributed by atoms with E-state index in [0.29, 0.717) is 11.6 Å². The second-order valence-corrected chi connectivity index (χ2v) is 10.2. The van der Waals surface area contributed by atoms with Gasteiger partial charge >= 0.3 is 0 Å². The van der Waals surface area contributed by atoms with Gasteiger partial charge in [0.15, 0.2) is 0 Å². The van der Waals surface area contributed by atoms with Crippen molar-refractivity contribution in [2.45, 2.75) is 52.5 Å². The van der Waals surface area contributed by atoms with Gasteiger partial charge in [-0.3, -0.25) is 9.69 Å². The van der Waals surface area contributed by atoms with Gasteiger partial charge in [0.05, 0.1) is 22.6 Å². The highest BCUT2D eigenvalue weighted by atomic mass is 35.5. The highest BCUT2D eigenvalue weighted by Crippen LogP contribution is 2.24. The molecule has 0 unspecified atom stereocenters. The molecule has 0 radical (unpaired) electrons. The van der Waals surface area contributed by atoms with Crippen LogP contribution in [0, 0.1) is 13.8 Å². The van der Waals surface area contributed by atoms with Gasteiger partial charge in [0, 0.05) is 31.2 Å². The lowest BCUT2D eigenvalue weighted by molar-refractivity contribution is 0.0765. The fourth-order valence-electron chi connectivity index (χ4n) is 5.17. The van der Waals surface area contributed by atoms with Crippen molar-refractivity contribution in [3.8, 4) is 5.69 Å². The minimum Gasteiger partial charge on any atom is -0.340 e. The van der Waals surface area contributed by atoms with Gasteiger partial charge in [-0.05, 0) is 68.6 Å². The second-order valence-electron chi connectivity index (χ2n) is 9.73. The predicted molar refractivity (Wildman–Crippen MR) is 150 cm³/mol. The molecule has 0 N–H and O–H groups in total. The van der Waals surface area contributed by atoms with E-state index in [1.807, 2.05) is 66.9 Å². The Balaban J connectivity index is 1.48. The first-order valence-corrected chi connectivity index (χ1v) is 13.3. The number of rotatable bonds is 9.